The molecule has 0 spiro atoms. The van der Waals surface area contributed by atoms with E-state index in [2.05, 4.69) is 20.3 Å². The number of nitrogens with zero attached hydrogens (tertiary/aromatic N) is 4. The summed E-state index contributed by atoms with van der Waals surface area (Å²) in [5.41, 5.74) is 2.00. The van der Waals surface area contributed by atoms with Gasteiger partial charge in [0.2, 0.25) is 5.91 Å². The van der Waals surface area contributed by atoms with Crippen LogP contribution in [-0.2, 0) is 4.79 Å². The highest BCUT2D eigenvalue weighted by molar-refractivity contribution is 5.98. The fourth-order valence-corrected chi connectivity index (χ4v) is 3.32. The summed E-state index contributed by atoms with van der Waals surface area (Å²) in [5.74, 6) is -0.379. The fourth-order valence-electron chi connectivity index (χ4n) is 3.32. The highest BCUT2D eigenvalue weighted by atomic mass is 19.1. The van der Waals surface area contributed by atoms with Crippen molar-refractivity contribution in [3.63, 3.8) is 0 Å². The number of likely N-dealkylation sites (N-methyl/N-ethyl adjacent to an activating group) is 1. The first kappa shape index (κ1) is 22.1. The Balaban J connectivity index is 1.93. The normalized spacial score (nSPS) is 10.8. The van der Waals surface area contributed by atoms with E-state index in [0.717, 1.165) is 6.07 Å². The van der Waals surface area contributed by atoms with E-state index in [9.17, 15) is 13.6 Å². The number of rotatable bonds is 6. The fraction of sp³-hybridized carbons (Fsp3) is 0.167. The van der Waals surface area contributed by atoms with E-state index in [1.165, 1.54) is 24.1 Å². The third-order valence-corrected chi connectivity index (χ3v) is 5.01. The molecule has 0 saturated heterocycles. The van der Waals surface area contributed by atoms with Crippen LogP contribution in [0.15, 0.2) is 54.9 Å². The molecule has 0 bridgehead atoms. The van der Waals surface area contributed by atoms with Crippen LogP contribution in [0, 0.1) is 11.6 Å². The van der Waals surface area contributed by atoms with E-state index in [4.69, 9.17) is 4.74 Å². The van der Waals surface area contributed by atoms with Gasteiger partial charge in [-0.3, -0.25) is 9.78 Å². The molecule has 0 aliphatic rings. The molecule has 1 amide bonds. The molecule has 9 heteroatoms. The lowest BCUT2D eigenvalue weighted by atomic mass is 10.0. The van der Waals surface area contributed by atoms with Crippen molar-refractivity contribution in [2.24, 2.45) is 0 Å². The van der Waals surface area contributed by atoms with Crippen LogP contribution >= 0.6 is 0 Å². The van der Waals surface area contributed by atoms with Crippen LogP contribution in [0.1, 0.15) is 0 Å². The number of halogens is 2. The van der Waals surface area contributed by atoms with Gasteiger partial charge in [0.1, 0.15) is 28.7 Å². The predicted octanol–water partition coefficient (Wildman–Crippen LogP) is 4.15. The molecule has 0 radical (unpaired) electrons. The molecule has 0 saturated carbocycles. The lowest BCUT2D eigenvalue weighted by Crippen LogP contribution is -2.28. The van der Waals surface area contributed by atoms with E-state index < -0.39 is 11.6 Å². The van der Waals surface area contributed by atoms with Crippen LogP contribution in [0.4, 0.5) is 14.6 Å². The standard InChI is InChI=1S/C24H21F2N5O2/c1-31(2)21(32)13-28-24-19-9-16(15-7-17(25)11-18(26)8-15)10-20(33-3)22(19)29-23(30-24)14-5-4-6-27-12-14/h4-12H,13H2,1-3H3,(H,28,29,30). The number of methoxy groups -OCH3 is 1. The maximum Gasteiger partial charge on any atom is 0.241 e. The second-order valence-corrected chi connectivity index (χ2v) is 7.51. The maximum atomic E-state index is 13.9. The summed E-state index contributed by atoms with van der Waals surface area (Å²) < 4.78 is 33.3. The maximum absolute atomic E-state index is 13.9. The van der Waals surface area contributed by atoms with Crippen molar-refractivity contribution in [3.05, 3.63) is 66.5 Å². The molecule has 7 nitrogen and oxygen atoms in total. The minimum Gasteiger partial charge on any atom is -0.494 e. The first-order valence-electron chi connectivity index (χ1n) is 10.1. The zero-order chi connectivity index (χ0) is 23.5. The number of fused-ring (bicyclic) bond motifs is 1. The number of aromatic nitrogens is 3. The van der Waals surface area contributed by atoms with Crippen molar-refractivity contribution in [2.45, 2.75) is 0 Å². The molecular formula is C24H21F2N5O2. The van der Waals surface area contributed by atoms with Crippen LogP contribution in [0.2, 0.25) is 0 Å². The first-order chi connectivity index (χ1) is 15.9. The van der Waals surface area contributed by atoms with Gasteiger partial charge in [0.15, 0.2) is 5.82 Å². The average Bonchev–Trinajstić information content (AvgIpc) is 2.81. The number of pyridine rings is 1. The molecule has 0 atom stereocenters. The summed E-state index contributed by atoms with van der Waals surface area (Å²) >= 11 is 0. The van der Waals surface area contributed by atoms with Gasteiger partial charge < -0.3 is 15.0 Å². The van der Waals surface area contributed by atoms with Gasteiger partial charge >= 0.3 is 0 Å². The molecule has 2 heterocycles. The van der Waals surface area contributed by atoms with E-state index >= 15 is 0 Å². The van der Waals surface area contributed by atoms with Crippen molar-refractivity contribution in [3.8, 4) is 28.3 Å². The first-order valence-corrected chi connectivity index (χ1v) is 10.1. The van der Waals surface area contributed by atoms with Gasteiger partial charge in [-0.05, 0) is 47.5 Å². The Morgan fingerprint density at radius 2 is 1.76 bits per heavy atom. The van der Waals surface area contributed by atoms with Gasteiger partial charge in [-0.25, -0.2) is 18.7 Å². The van der Waals surface area contributed by atoms with Crippen molar-refractivity contribution >= 4 is 22.6 Å². The largest absolute Gasteiger partial charge is 0.494 e. The van der Waals surface area contributed by atoms with Crippen molar-refractivity contribution < 1.29 is 18.3 Å². The molecule has 4 rings (SSSR count). The monoisotopic (exact) mass is 449 g/mol. The molecular weight excluding hydrogens is 428 g/mol. The van der Waals surface area contributed by atoms with Crippen LogP contribution in [0.3, 0.4) is 0 Å². The topological polar surface area (TPSA) is 80.2 Å². The van der Waals surface area contributed by atoms with Crippen molar-refractivity contribution in [2.75, 3.05) is 33.1 Å². The summed E-state index contributed by atoms with van der Waals surface area (Å²) in [6, 6.07) is 10.2. The molecule has 2 aromatic heterocycles. The number of nitrogens with one attached hydrogen (secondary N) is 1. The molecule has 4 aromatic rings. The lowest BCUT2D eigenvalue weighted by Gasteiger charge is -2.16. The number of anilines is 1. The van der Waals surface area contributed by atoms with E-state index in [1.54, 1.807) is 44.7 Å². The molecule has 0 unspecified atom stereocenters. The Bertz CT molecular complexity index is 1310. The Morgan fingerprint density at radius 3 is 2.39 bits per heavy atom. The van der Waals surface area contributed by atoms with Crippen LogP contribution in [0.5, 0.6) is 5.75 Å². The molecule has 0 fully saturated rings. The summed E-state index contributed by atoms with van der Waals surface area (Å²) in [6.45, 7) is -0.00721. The zero-order valence-electron chi connectivity index (χ0n) is 18.3. The Morgan fingerprint density at radius 1 is 1.03 bits per heavy atom. The van der Waals surface area contributed by atoms with E-state index in [0.29, 0.717) is 45.0 Å². The highest BCUT2D eigenvalue weighted by Gasteiger charge is 2.17. The quantitative estimate of drug-likeness (QED) is 0.477. The molecule has 168 valence electrons. The number of benzene rings is 2. The van der Waals surface area contributed by atoms with Crippen LogP contribution < -0.4 is 10.1 Å². The Kier molecular flexibility index (Phi) is 6.12. The summed E-state index contributed by atoms with van der Waals surface area (Å²) in [5, 5.41) is 3.60. The number of hydrogen-bond acceptors (Lipinski definition) is 6. The number of carbonyl (C=O) groups is 1. The SMILES string of the molecule is COc1cc(-c2cc(F)cc(F)c2)cc2c(NCC(=O)N(C)C)nc(-c3cccnc3)nc12. The average molecular weight is 449 g/mol. The zero-order valence-corrected chi connectivity index (χ0v) is 18.3. The van der Waals surface area contributed by atoms with Gasteiger partial charge in [-0.1, -0.05) is 0 Å². The van der Waals surface area contributed by atoms with E-state index in [-0.39, 0.29) is 12.5 Å². The van der Waals surface area contributed by atoms with Gasteiger partial charge in [0, 0.05) is 43.5 Å². The molecule has 33 heavy (non-hydrogen) atoms. The predicted molar refractivity (Wildman–Crippen MR) is 122 cm³/mol. The molecule has 0 aliphatic carbocycles. The number of hydrogen-bond donors (Lipinski definition) is 1. The number of amides is 1. The van der Waals surface area contributed by atoms with Gasteiger partial charge in [-0.15, -0.1) is 0 Å². The van der Waals surface area contributed by atoms with Crippen molar-refractivity contribution in [1.82, 2.24) is 19.9 Å². The van der Waals surface area contributed by atoms with Gasteiger partial charge in [0.05, 0.1) is 13.7 Å². The molecule has 0 aliphatic heterocycles. The summed E-state index contributed by atoms with van der Waals surface area (Å²) in [4.78, 5) is 27.0. The van der Waals surface area contributed by atoms with Gasteiger partial charge in [-0.2, -0.15) is 0 Å². The van der Waals surface area contributed by atoms with E-state index in [1.807, 2.05) is 6.07 Å². The summed E-state index contributed by atoms with van der Waals surface area (Å²) in [7, 11) is 4.80. The third kappa shape index (κ3) is 4.72. The molecule has 1 N–H and O–H groups in total. The second-order valence-electron chi connectivity index (χ2n) is 7.51. The highest BCUT2D eigenvalue weighted by Crippen LogP contribution is 2.36. The van der Waals surface area contributed by atoms with Crippen LogP contribution in [-0.4, -0.2) is 53.5 Å². The second kappa shape index (κ2) is 9.15. The van der Waals surface area contributed by atoms with Crippen molar-refractivity contribution in [1.29, 1.82) is 0 Å². The summed E-state index contributed by atoms with van der Waals surface area (Å²) in [6.07, 6.45) is 3.27. The Hall–Kier alpha value is -4.14. The minimum absolute atomic E-state index is 0.00721. The van der Waals surface area contributed by atoms with Gasteiger partial charge in [0.25, 0.3) is 0 Å². The number of ether oxygens (including phenoxy) is 1. The smallest absolute Gasteiger partial charge is 0.241 e. The lowest BCUT2D eigenvalue weighted by molar-refractivity contribution is -0.126. The third-order valence-electron chi connectivity index (χ3n) is 5.01. The van der Waals surface area contributed by atoms with Crippen LogP contribution in [0.25, 0.3) is 33.4 Å². The molecule has 2 aromatic carbocycles. The number of carbonyl (C=O) groups excluding carboxylic acids is 1. The Labute approximate surface area is 189 Å². The minimum atomic E-state index is -0.692.